The molecular formula is C11H19BrN2S. The average Bonchev–Trinajstić information content (AvgIpc) is 2.51. The predicted molar refractivity (Wildman–Crippen MR) is 71.3 cm³/mol. The van der Waals surface area contributed by atoms with Crippen LogP contribution in [0.2, 0.25) is 0 Å². The van der Waals surface area contributed by atoms with Gasteiger partial charge in [0.1, 0.15) is 0 Å². The highest BCUT2D eigenvalue weighted by molar-refractivity contribution is 9.11. The second-order valence-corrected chi connectivity index (χ2v) is 6.70. The Morgan fingerprint density at radius 1 is 1.33 bits per heavy atom. The molecule has 2 N–H and O–H groups in total. The number of rotatable bonds is 4. The van der Waals surface area contributed by atoms with E-state index in [1.54, 1.807) is 11.3 Å². The molecule has 4 heteroatoms. The van der Waals surface area contributed by atoms with E-state index in [0.29, 0.717) is 12.1 Å². The van der Waals surface area contributed by atoms with Gasteiger partial charge in [0.15, 0.2) is 0 Å². The van der Waals surface area contributed by atoms with Crippen molar-refractivity contribution in [2.24, 2.45) is 5.73 Å². The number of halogens is 1. The summed E-state index contributed by atoms with van der Waals surface area (Å²) in [7, 11) is 2.13. The Bertz CT molecular complexity index is 309. The van der Waals surface area contributed by atoms with Gasteiger partial charge in [-0.2, -0.15) is 0 Å². The summed E-state index contributed by atoms with van der Waals surface area (Å²) in [5.41, 5.74) is 6.07. The number of likely N-dealkylation sites (N-methyl/N-ethyl adjacent to an activating group) is 1. The minimum Gasteiger partial charge on any atom is -0.326 e. The van der Waals surface area contributed by atoms with E-state index in [9.17, 15) is 0 Å². The number of hydrogen-bond donors (Lipinski definition) is 1. The third kappa shape index (κ3) is 3.28. The van der Waals surface area contributed by atoms with Crippen LogP contribution in [0, 0.1) is 0 Å². The van der Waals surface area contributed by atoms with Crippen molar-refractivity contribution in [3.63, 3.8) is 0 Å². The van der Waals surface area contributed by atoms with Gasteiger partial charge in [0, 0.05) is 17.0 Å². The van der Waals surface area contributed by atoms with Crippen molar-refractivity contribution in [2.45, 2.75) is 38.9 Å². The van der Waals surface area contributed by atoms with Crippen LogP contribution in [-0.2, 0) is 0 Å². The number of hydrogen-bond acceptors (Lipinski definition) is 3. The molecule has 2 nitrogen and oxygen atoms in total. The largest absolute Gasteiger partial charge is 0.326 e. The zero-order chi connectivity index (χ0) is 11.6. The van der Waals surface area contributed by atoms with Gasteiger partial charge >= 0.3 is 0 Å². The van der Waals surface area contributed by atoms with E-state index in [4.69, 9.17) is 5.73 Å². The third-order valence-corrected chi connectivity index (χ3v) is 4.33. The summed E-state index contributed by atoms with van der Waals surface area (Å²) in [6.45, 7) is 6.45. The molecule has 1 aromatic heterocycles. The lowest BCUT2D eigenvalue weighted by atomic mass is 10.1. The summed E-state index contributed by atoms with van der Waals surface area (Å²) in [4.78, 5) is 3.65. The van der Waals surface area contributed by atoms with Crippen LogP contribution in [-0.4, -0.2) is 24.0 Å². The Hall–Kier alpha value is 0.1000. The molecule has 1 rings (SSSR count). The molecule has 2 atom stereocenters. The molecule has 0 radical (unpaired) electrons. The first-order valence-electron chi connectivity index (χ1n) is 5.16. The first kappa shape index (κ1) is 13.2. The maximum atomic E-state index is 6.07. The van der Waals surface area contributed by atoms with Crippen LogP contribution in [0.25, 0.3) is 0 Å². The topological polar surface area (TPSA) is 29.3 Å². The second-order valence-electron chi connectivity index (χ2n) is 4.21. The molecule has 0 saturated carbocycles. The number of nitrogens with zero attached hydrogens (tertiary/aromatic N) is 1. The molecule has 0 aromatic carbocycles. The van der Waals surface area contributed by atoms with E-state index in [-0.39, 0.29) is 6.04 Å². The summed E-state index contributed by atoms with van der Waals surface area (Å²) >= 11 is 5.26. The Labute approximate surface area is 105 Å². The third-order valence-electron chi connectivity index (χ3n) is 2.64. The van der Waals surface area contributed by atoms with Crippen molar-refractivity contribution in [1.29, 1.82) is 0 Å². The fourth-order valence-corrected chi connectivity index (χ4v) is 3.33. The molecule has 0 amide bonds. The summed E-state index contributed by atoms with van der Waals surface area (Å²) in [6.07, 6.45) is 0. The first-order chi connectivity index (χ1) is 6.93. The monoisotopic (exact) mass is 290 g/mol. The van der Waals surface area contributed by atoms with Crippen molar-refractivity contribution in [2.75, 3.05) is 7.05 Å². The van der Waals surface area contributed by atoms with Gasteiger partial charge in [-0.15, -0.1) is 11.3 Å². The molecule has 1 heterocycles. The lowest BCUT2D eigenvalue weighted by Gasteiger charge is -2.33. The summed E-state index contributed by atoms with van der Waals surface area (Å²) in [5, 5.41) is 0. The van der Waals surface area contributed by atoms with Gasteiger partial charge in [-0.3, -0.25) is 4.90 Å². The normalized spacial score (nSPS) is 16.0. The molecule has 0 spiro atoms. The molecule has 15 heavy (non-hydrogen) atoms. The van der Waals surface area contributed by atoms with Gasteiger partial charge < -0.3 is 5.73 Å². The van der Waals surface area contributed by atoms with E-state index in [2.05, 4.69) is 60.8 Å². The van der Waals surface area contributed by atoms with Gasteiger partial charge in [0.2, 0.25) is 0 Å². The lowest BCUT2D eigenvalue weighted by molar-refractivity contribution is 0.178. The molecule has 0 aliphatic rings. The highest BCUT2D eigenvalue weighted by Crippen LogP contribution is 2.32. The number of nitrogens with two attached hydrogens (primary N) is 1. The standard InChI is InChI=1S/C11H19BrN2S/c1-7(2)14(4)11(8(3)13)9-5-6-10(12)15-9/h5-8,11H,13H2,1-4H3. The lowest BCUT2D eigenvalue weighted by Crippen LogP contribution is -2.40. The fourth-order valence-electron chi connectivity index (χ4n) is 1.64. The van der Waals surface area contributed by atoms with Gasteiger partial charge in [0.05, 0.1) is 9.83 Å². The van der Waals surface area contributed by atoms with Crippen LogP contribution < -0.4 is 5.73 Å². The maximum absolute atomic E-state index is 6.07. The predicted octanol–water partition coefficient (Wildman–Crippen LogP) is 3.24. The molecule has 0 aliphatic heterocycles. The van der Waals surface area contributed by atoms with Crippen molar-refractivity contribution >= 4 is 27.3 Å². The smallest absolute Gasteiger partial charge is 0.0702 e. The van der Waals surface area contributed by atoms with Crippen LogP contribution in [0.15, 0.2) is 15.9 Å². The molecule has 1 aromatic rings. The van der Waals surface area contributed by atoms with Gasteiger partial charge in [-0.05, 0) is 55.9 Å². The van der Waals surface area contributed by atoms with Crippen LogP contribution in [0.1, 0.15) is 31.7 Å². The molecular weight excluding hydrogens is 272 g/mol. The highest BCUT2D eigenvalue weighted by atomic mass is 79.9. The van der Waals surface area contributed by atoms with E-state index in [1.807, 2.05) is 0 Å². The van der Waals surface area contributed by atoms with Gasteiger partial charge in [0.25, 0.3) is 0 Å². The fraction of sp³-hybridized carbons (Fsp3) is 0.636. The molecule has 0 fully saturated rings. The van der Waals surface area contributed by atoms with Crippen LogP contribution in [0.5, 0.6) is 0 Å². The highest BCUT2D eigenvalue weighted by Gasteiger charge is 2.24. The zero-order valence-corrected chi connectivity index (χ0v) is 12.1. The molecule has 0 bridgehead atoms. The Morgan fingerprint density at radius 3 is 2.27 bits per heavy atom. The summed E-state index contributed by atoms with van der Waals surface area (Å²) < 4.78 is 1.17. The molecule has 2 unspecified atom stereocenters. The van der Waals surface area contributed by atoms with Gasteiger partial charge in [-0.1, -0.05) is 0 Å². The quantitative estimate of drug-likeness (QED) is 0.922. The van der Waals surface area contributed by atoms with Crippen molar-refractivity contribution in [3.05, 3.63) is 20.8 Å². The van der Waals surface area contributed by atoms with Crippen LogP contribution in [0.3, 0.4) is 0 Å². The Balaban J connectivity index is 2.93. The maximum Gasteiger partial charge on any atom is 0.0702 e. The number of thiophene rings is 1. The first-order valence-corrected chi connectivity index (χ1v) is 6.77. The van der Waals surface area contributed by atoms with E-state index < -0.39 is 0 Å². The van der Waals surface area contributed by atoms with Crippen LogP contribution >= 0.6 is 27.3 Å². The minimum atomic E-state index is 0.142. The second kappa shape index (κ2) is 5.43. The summed E-state index contributed by atoms with van der Waals surface area (Å²) in [5.74, 6) is 0. The van der Waals surface area contributed by atoms with Gasteiger partial charge in [-0.25, -0.2) is 0 Å². The van der Waals surface area contributed by atoms with E-state index in [0.717, 1.165) is 0 Å². The molecule has 0 aliphatic carbocycles. The average molecular weight is 291 g/mol. The SMILES string of the molecule is CC(N)C(c1ccc(Br)s1)N(C)C(C)C. The Kier molecular flexibility index (Phi) is 4.77. The van der Waals surface area contributed by atoms with E-state index >= 15 is 0 Å². The van der Waals surface area contributed by atoms with Crippen molar-refractivity contribution in [1.82, 2.24) is 4.90 Å². The van der Waals surface area contributed by atoms with E-state index in [1.165, 1.54) is 8.66 Å². The minimum absolute atomic E-state index is 0.142. The molecule has 0 saturated heterocycles. The van der Waals surface area contributed by atoms with Crippen molar-refractivity contribution in [3.8, 4) is 0 Å². The Morgan fingerprint density at radius 2 is 1.93 bits per heavy atom. The molecule has 86 valence electrons. The summed E-state index contributed by atoms with van der Waals surface area (Å²) in [6, 6.07) is 5.19. The van der Waals surface area contributed by atoms with Crippen molar-refractivity contribution < 1.29 is 0 Å². The zero-order valence-electron chi connectivity index (χ0n) is 9.70. The van der Waals surface area contributed by atoms with Crippen LogP contribution in [0.4, 0.5) is 0 Å².